The van der Waals surface area contributed by atoms with Crippen LogP contribution in [0.2, 0.25) is 0 Å². The van der Waals surface area contributed by atoms with Gasteiger partial charge in [-0.3, -0.25) is 9.45 Å². The molecule has 0 aromatic heterocycles. The molecule has 0 aromatic carbocycles. The molecule has 19 heavy (non-hydrogen) atoms. The predicted molar refractivity (Wildman–Crippen MR) is 71.2 cm³/mol. The van der Waals surface area contributed by atoms with Gasteiger partial charge in [0.05, 0.1) is 13.2 Å². The summed E-state index contributed by atoms with van der Waals surface area (Å²) in [5.41, 5.74) is -1.84. The summed E-state index contributed by atoms with van der Waals surface area (Å²) in [6.45, 7) is 4.19. The smallest absolute Gasteiger partial charge is 0.292 e. The van der Waals surface area contributed by atoms with Crippen molar-refractivity contribution in [3.8, 4) is 0 Å². The van der Waals surface area contributed by atoms with Gasteiger partial charge in [0, 0.05) is 25.6 Å². The van der Waals surface area contributed by atoms with E-state index in [1.54, 1.807) is 4.90 Å². The van der Waals surface area contributed by atoms with Crippen molar-refractivity contribution in [2.24, 2.45) is 5.92 Å². The molecule has 2 atom stereocenters. The van der Waals surface area contributed by atoms with E-state index in [0.717, 1.165) is 0 Å². The normalized spacial score (nSPS) is 16.0. The third-order valence-corrected chi connectivity index (χ3v) is 3.79. The summed E-state index contributed by atoms with van der Waals surface area (Å²) in [4.78, 5) is 1.72. The quantitative estimate of drug-likeness (QED) is 0.393. The molecule has 0 amide bonds. The Hall–Kier alpha value is -0.250. The Balaban J connectivity index is 4.54. The van der Waals surface area contributed by atoms with Crippen LogP contribution in [0.5, 0.6) is 0 Å². The number of aliphatic hydroxyl groups excluding tert-OH is 3. The van der Waals surface area contributed by atoms with Gasteiger partial charge in [0.2, 0.25) is 0 Å². The minimum absolute atomic E-state index is 0.111. The monoisotopic (exact) mass is 299 g/mol. The van der Waals surface area contributed by atoms with Gasteiger partial charge in [-0.25, -0.2) is 0 Å². The van der Waals surface area contributed by atoms with Crippen molar-refractivity contribution in [2.75, 3.05) is 26.3 Å². The Labute approximate surface area is 114 Å². The van der Waals surface area contributed by atoms with E-state index in [-0.39, 0.29) is 38.8 Å². The van der Waals surface area contributed by atoms with Crippen molar-refractivity contribution >= 4 is 10.1 Å². The summed E-state index contributed by atoms with van der Waals surface area (Å²) in [7, 11) is -4.47. The third kappa shape index (κ3) is 7.81. The summed E-state index contributed by atoms with van der Waals surface area (Å²) < 4.78 is 30.1. The fourth-order valence-electron chi connectivity index (χ4n) is 1.91. The van der Waals surface area contributed by atoms with Crippen LogP contribution in [0.15, 0.2) is 0 Å². The molecule has 0 fully saturated rings. The van der Waals surface area contributed by atoms with E-state index in [0.29, 0.717) is 12.3 Å². The second-order valence-electron chi connectivity index (χ2n) is 4.98. The number of aliphatic hydroxyl groups is 3. The van der Waals surface area contributed by atoms with Crippen molar-refractivity contribution < 1.29 is 28.3 Å². The van der Waals surface area contributed by atoms with Crippen molar-refractivity contribution in [1.82, 2.24) is 4.90 Å². The van der Waals surface area contributed by atoms with Crippen LogP contribution in [0.1, 0.15) is 26.7 Å². The first-order valence-corrected chi connectivity index (χ1v) is 7.82. The SMILES string of the molecule is CC(C)CC(CO)N(CCO)CCC(O)S(=O)(=O)O. The lowest BCUT2D eigenvalue weighted by Gasteiger charge is -2.31. The topological polar surface area (TPSA) is 118 Å². The Morgan fingerprint density at radius 2 is 1.74 bits per heavy atom. The van der Waals surface area contributed by atoms with Crippen molar-refractivity contribution in [3.05, 3.63) is 0 Å². The molecule has 116 valence electrons. The molecule has 0 aromatic rings. The maximum atomic E-state index is 10.7. The van der Waals surface area contributed by atoms with E-state index in [1.807, 2.05) is 13.8 Å². The Bertz CT molecular complexity index is 332. The minimum atomic E-state index is -4.47. The van der Waals surface area contributed by atoms with E-state index in [4.69, 9.17) is 9.66 Å². The van der Waals surface area contributed by atoms with Crippen molar-refractivity contribution in [3.63, 3.8) is 0 Å². The predicted octanol–water partition coefficient (Wildman–Crippen LogP) is -0.716. The molecule has 7 nitrogen and oxygen atoms in total. The molecule has 4 N–H and O–H groups in total. The van der Waals surface area contributed by atoms with Crippen LogP contribution >= 0.6 is 0 Å². The minimum Gasteiger partial charge on any atom is -0.395 e. The molecule has 2 unspecified atom stereocenters. The van der Waals surface area contributed by atoms with Crippen LogP contribution < -0.4 is 0 Å². The second-order valence-corrected chi connectivity index (χ2v) is 6.56. The maximum Gasteiger partial charge on any atom is 0.292 e. The van der Waals surface area contributed by atoms with Gasteiger partial charge in [0.15, 0.2) is 5.44 Å². The van der Waals surface area contributed by atoms with E-state index in [2.05, 4.69) is 0 Å². The summed E-state index contributed by atoms with van der Waals surface area (Å²) in [5, 5.41) is 27.6. The van der Waals surface area contributed by atoms with Crippen LogP contribution in [0.25, 0.3) is 0 Å². The first kappa shape index (κ1) is 18.8. The number of hydrogen-bond donors (Lipinski definition) is 4. The van der Waals surface area contributed by atoms with Crippen molar-refractivity contribution in [2.45, 2.75) is 38.2 Å². The highest BCUT2D eigenvalue weighted by Crippen LogP contribution is 2.13. The summed E-state index contributed by atoms with van der Waals surface area (Å²) in [5.74, 6) is 0.338. The number of rotatable bonds is 10. The first-order chi connectivity index (χ1) is 8.72. The lowest BCUT2D eigenvalue weighted by Crippen LogP contribution is -2.42. The van der Waals surface area contributed by atoms with Gasteiger partial charge < -0.3 is 15.3 Å². The molecule has 0 radical (unpaired) electrons. The molecule has 0 spiro atoms. The van der Waals surface area contributed by atoms with Crippen LogP contribution in [0.3, 0.4) is 0 Å². The molecule has 0 heterocycles. The van der Waals surface area contributed by atoms with Crippen LogP contribution in [-0.2, 0) is 10.1 Å². The molecular weight excluding hydrogens is 274 g/mol. The molecular formula is C11H25NO6S. The Morgan fingerprint density at radius 1 is 1.16 bits per heavy atom. The highest BCUT2D eigenvalue weighted by molar-refractivity contribution is 7.86. The van der Waals surface area contributed by atoms with Gasteiger partial charge >= 0.3 is 0 Å². The maximum absolute atomic E-state index is 10.7. The zero-order valence-corrected chi connectivity index (χ0v) is 12.3. The second kappa shape index (κ2) is 8.83. The first-order valence-electron chi connectivity index (χ1n) is 6.32. The summed E-state index contributed by atoms with van der Waals surface area (Å²) >= 11 is 0. The molecule has 0 rings (SSSR count). The highest BCUT2D eigenvalue weighted by Gasteiger charge is 2.23. The number of hydrogen-bond acceptors (Lipinski definition) is 6. The Morgan fingerprint density at radius 3 is 2.11 bits per heavy atom. The number of nitrogens with zero attached hydrogens (tertiary/aromatic N) is 1. The molecule has 0 bridgehead atoms. The van der Waals surface area contributed by atoms with Crippen LogP contribution in [0.4, 0.5) is 0 Å². The largest absolute Gasteiger partial charge is 0.395 e. The molecule has 0 aliphatic rings. The lowest BCUT2D eigenvalue weighted by atomic mass is 10.0. The lowest BCUT2D eigenvalue weighted by molar-refractivity contribution is 0.0784. The van der Waals surface area contributed by atoms with E-state index in [1.165, 1.54) is 0 Å². The van der Waals surface area contributed by atoms with Gasteiger partial charge in [-0.15, -0.1) is 0 Å². The average Bonchev–Trinajstić information content (AvgIpc) is 2.29. The highest BCUT2D eigenvalue weighted by atomic mass is 32.2. The van der Waals surface area contributed by atoms with Crippen molar-refractivity contribution in [1.29, 1.82) is 0 Å². The average molecular weight is 299 g/mol. The van der Waals surface area contributed by atoms with Crippen LogP contribution in [0, 0.1) is 5.92 Å². The van der Waals surface area contributed by atoms with Gasteiger partial charge in [-0.05, 0) is 12.3 Å². The van der Waals surface area contributed by atoms with E-state index >= 15 is 0 Å². The fourth-order valence-corrected chi connectivity index (χ4v) is 2.32. The van der Waals surface area contributed by atoms with Gasteiger partial charge in [0.1, 0.15) is 0 Å². The zero-order valence-electron chi connectivity index (χ0n) is 11.4. The molecule has 0 aliphatic carbocycles. The van der Waals surface area contributed by atoms with E-state index < -0.39 is 15.6 Å². The van der Waals surface area contributed by atoms with Gasteiger partial charge in [0.25, 0.3) is 10.1 Å². The molecule has 0 aliphatic heterocycles. The molecule has 0 saturated heterocycles. The van der Waals surface area contributed by atoms with Gasteiger partial charge in [-0.1, -0.05) is 13.8 Å². The molecule has 0 saturated carbocycles. The Kier molecular flexibility index (Phi) is 8.71. The standard InChI is InChI=1S/C11H25NO6S/c1-9(2)7-10(8-14)12(5-6-13)4-3-11(15)19(16,17)18/h9-11,13-15H,3-8H2,1-2H3,(H,16,17,18). The fraction of sp³-hybridized carbons (Fsp3) is 1.00. The molecule has 8 heteroatoms. The van der Waals surface area contributed by atoms with Crippen LogP contribution in [-0.4, -0.2) is 71.0 Å². The van der Waals surface area contributed by atoms with E-state index in [9.17, 15) is 18.6 Å². The third-order valence-electron chi connectivity index (χ3n) is 2.86. The zero-order chi connectivity index (χ0) is 15.1. The summed E-state index contributed by atoms with van der Waals surface area (Å²) in [6, 6.07) is -0.208. The van der Waals surface area contributed by atoms with Gasteiger partial charge in [-0.2, -0.15) is 8.42 Å². The summed E-state index contributed by atoms with van der Waals surface area (Å²) in [6.07, 6.45) is 0.520.